The number of aromatic nitrogens is 2. The summed E-state index contributed by atoms with van der Waals surface area (Å²) < 4.78 is 0.845. The molecule has 1 aromatic heterocycles. The molecule has 0 radical (unpaired) electrons. The van der Waals surface area contributed by atoms with Gasteiger partial charge < -0.3 is 5.32 Å². The van der Waals surface area contributed by atoms with Gasteiger partial charge in [0.25, 0.3) is 0 Å². The van der Waals surface area contributed by atoms with E-state index in [-0.39, 0.29) is 11.9 Å². The van der Waals surface area contributed by atoms with Gasteiger partial charge in [-0.1, -0.05) is 49.8 Å². The minimum atomic E-state index is 0.0762. The number of rotatable bonds is 8. The maximum atomic E-state index is 11.7. The molecule has 0 aliphatic rings. The topological polar surface area (TPSA) is 54.9 Å². The molecule has 0 bridgehead atoms. The van der Waals surface area contributed by atoms with Crippen LogP contribution in [0.3, 0.4) is 0 Å². The van der Waals surface area contributed by atoms with Crippen molar-refractivity contribution in [3.8, 4) is 0 Å². The standard InChI is InChI=1S/C12H21N3OS2/c1-9(2)5-4-6-10(3)14-11(16)7-17-12-15-13-8-18-12/h8-10H,4-7H2,1-3H3,(H,14,16). The molecule has 0 aromatic carbocycles. The molecule has 0 spiro atoms. The average Bonchev–Trinajstić information content (AvgIpc) is 2.78. The van der Waals surface area contributed by atoms with Crippen LogP contribution in [0.4, 0.5) is 0 Å². The minimum Gasteiger partial charge on any atom is -0.353 e. The largest absolute Gasteiger partial charge is 0.353 e. The zero-order chi connectivity index (χ0) is 13.4. The molecule has 4 nitrogen and oxygen atoms in total. The van der Waals surface area contributed by atoms with E-state index in [9.17, 15) is 4.79 Å². The van der Waals surface area contributed by atoms with E-state index in [0.717, 1.165) is 16.7 Å². The summed E-state index contributed by atoms with van der Waals surface area (Å²) in [4.78, 5) is 11.7. The third-order valence-electron chi connectivity index (χ3n) is 2.49. The smallest absolute Gasteiger partial charge is 0.230 e. The molecule has 0 saturated carbocycles. The molecule has 18 heavy (non-hydrogen) atoms. The summed E-state index contributed by atoms with van der Waals surface area (Å²) in [7, 11) is 0. The lowest BCUT2D eigenvalue weighted by Crippen LogP contribution is -2.33. The Bertz CT molecular complexity index is 341. The van der Waals surface area contributed by atoms with E-state index >= 15 is 0 Å². The van der Waals surface area contributed by atoms with E-state index in [1.165, 1.54) is 35.9 Å². The second-order valence-electron chi connectivity index (χ2n) is 4.79. The fraction of sp³-hybridized carbons (Fsp3) is 0.750. The van der Waals surface area contributed by atoms with Crippen LogP contribution in [0.1, 0.15) is 40.0 Å². The number of carbonyl (C=O) groups excluding carboxylic acids is 1. The molecule has 1 aromatic rings. The molecule has 1 heterocycles. The van der Waals surface area contributed by atoms with Gasteiger partial charge in [0, 0.05) is 6.04 Å². The quantitative estimate of drug-likeness (QED) is 0.747. The Hall–Kier alpha value is -0.620. The van der Waals surface area contributed by atoms with Crippen molar-refractivity contribution < 1.29 is 4.79 Å². The van der Waals surface area contributed by atoms with Crippen LogP contribution in [0.25, 0.3) is 0 Å². The first-order valence-electron chi connectivity index (χ1n) is 6.26. The number of nitrogens with one attached hydrogen (secondary N) is 1. The van der Waals surface area contributed by atoms with Gasteiger partial charge >= 0.3 is 0 Å². The maximum absolute atomic E-state index is 11.7. The van der Waals surface area contributed by atoms with Crippen molar-refractivity contribution >= 4 is 29.0 Å². The third-order valence-corrected chi connectivity index (χ3v) is 4.35. The highest BCUT2D eigenvalue weighted by Gasteiger charge is 2.09. The van der Waals surface area contributed by atoms with E-state index in [1.807, 2.05) is 0 Å². The molecule has 102 valence electrons. The van der Waals surface area contributed by atoms with E-state index < -0.39 is 0 Å². The Morgan fingerprint density at radius 2 is 2.22 bits per heavy atom. The second kappa shape index (κ2) is 8.48. The highest BCUT2D eigenvalue weighted by atomic mass is 32.2. The Labute approximate surface area is 117 Å². The first kappa shape index (κ1) is 15.4. The molecule has 6 heteroatoms. The van der Waals surface area contributed by atoms with Gasteiger partial charge in [-0.3, -0.25) is 4.79 Å². The zero-order valence-electron chi connectivity index (χ0n) is 11.2. The van der Waals surface area contributed by atoms with E-state index in [4.69, 9.17) is 0 Å². The van der Waals surface area contributed by atoms with Gasteiger partial charge in [0.1, 0.15) is 5.51 Å². The molecule has 0 fully saturated rings. The van der Waals surface area contributed by atoms with Crippen LogP contribution >= 0.6 is 23.1 Å². The Morgan fingerprint density at radius 3 is 2.83 bits per heavy atom. The first-order chi connectivity index (χ1) is 8.58. The fourth-order valence-corrected chi connectivity index (χ4v) is 2.87. The normalized spacial score (nSPS) is 12.7. The summed E-state index contributed by atoms with van der Waals surface area (Å²) in [6, 6.07) is 0.256. The number of carbonyl (C=O) groups is 1. The number of hydrogen-bond donors (Lipinski definition) is 1. The molecule has 1 amide bonds. The number of nitrogens with zero attached hydrogens (tertiary/aromatic N) is 2. The van der Waals surface area contributed by atoms with E-state index in [2.05, 4.69) is 36.3 Å². The van der Waals surface area contributed by atoms with Crippen LogP contribution < -0.4 is 5.32 Å². The van der Waals surface area contributed by atoms with Crippen molar-refractivity contribution in [1.29, 1.82) is 0 Å². The Kier molecular flexibility index (Phi) is 7.27. The Morgan fingerprint density at radius 1 is 1.44 bits per heavy atom. The predicted octanol–water partition coefficient (Wildman–Crippen LogP) is 2.96. The third kappa shape index (κ3) is 6.96. The lowest BCUT2D eigenvalue weighted by Gasteiger charge is -2.14. The van der Waals surface area contributed by atoms with Crippen LogP contribution in [-0.4, -0.2) is 27.9 Å². The highest BCUT2D eigenvalue weighted by Crippen LogP contribution is 2.18. The van der Waals surface area contributed by atoms with Crippen LogP contribution in [0.15, 0.2) is 9.85 Å². The fourth-order valence-electron chi connectivity index (χ4n) is 1.57. The van der Waals surface area contributed by atoms with Gasteiger partial charge in [-0.2, -0.15) is 0 Å². The summed E-state index contributed by atoms with van der Waals surface area (Å²) in [5.41, 5.74) is 1.68. The number of thioether (sulfide) groups is 1. The monoisotopic (exact) mass is 287 g/mol. The summed E-state index contributed by atoms with van der Waals surface area (Å²) in [6.45, 7) is 6.51. The van der Waals surface area contributed by atoms with Crippen molar-refractivity contribution in [1.82, 2.24) is 15.5 Å². The van der Waals surface area contributed by atoms with E-state index in [1.54, 1.807) is 5.51 Å². The van der Waals surface area contributed by atoms with Crippen molar-refractivity contribution in [3.63, 3.8) is 0 Å². The molecular weight excluding hydrogens is 266 g/mol. The highest BCUT2D eigenvalue weighted by molar-refractivity contribution is 8.01. The summed E-state index contributed by atoms with van der Waals surface area (Å²) >= 11 is 2.90. The first-order valence-corrected chi connectivity index (χ1v) is 8.12. The summed E-state index contributed by atoms with van der Waals surface area (Å²) in [5.74, 6) is 1.23. The molecule has 1 N–H and O–H groups in total. The SMILES string of the molecule is CC(C)CCCC(C)NC(=O)CSc1nncs1. The molecule has 0 saturated heterocycles. The average molecular weight is 287 g/mol. The van der Waals surface area contributed by atoms with Gasteiger partial charge in [0.15, 0.2) is 4.34 Å². The van der Waals surface area contributed by atoms with Crippen LogP contribution in [-0.2, 0) is 4.79 Å². The summed E-state index contributed by atoms with van der Waals surface area (Å²) in [5, 5.41) is 10.6. The zero-order valence-corrected chi connectivity index (χ0v) is 12.8. The lowest BCUT2D eigenvalue weighted by molar-refractivity contribution is -0.119. The van der Waals surface area contributed by atoms with Crippen molar-refractivity contribution in [2.45, 2.75) is 50.4 Å². The molecular formula is C12H21N3OS2. The van der Waals surface area contributed by atoms with Gasteiger partial charge in [-0.25, -0.2) is 0 Å². The van der Waals surface area contributed by atoms with Gasteiger partial charge in [0.05, 0.1) is 5.75 Å². The van der Waals surface area contributed by atoms with Gasteiger partial charge in [0.2, 0.25) is 5.91 Å². The molecule has 1 unspecified atom stereocenters. The number of hydrogen-bond acceptors (Lipinski definition) is 5. The predicted molar refractivity (Wildman–Crippen MR) is 76.9 cm³/mol. The van der Waals surface area contributed by atoms with Crippen molar-refractivity contribution in [2.75, 3.05) is 5.75 Å². The molecule has 1 rings (SSSR count). The molecule has 0 aliphatic heterocycles. The molecule has 0 aliphatic carbocycles. The van der Waals surface area contributed by atoms with Crippen LogP contribution in [0, 0.1) is 5.92 Å². The van der Waals surface area contributed by atoms with E-state index in [0.29, 0.717) is 5.75 Å². The molecule has 1 atom stereocenters. The van der Waals surface area contributed by atoms with Gasteiger partial charge in [-0.15, -0.1) is 10.2 Å². The van der Waals surface area contributed by atoms with Gasteiger partial charge in [-0.05, 0) is 19.3 Å². The van der Waals surface area contributed by atoms with Crippen molar-refractivity contribution in [3.05, 3.63) is 5.51 Å². The van der Waals surface area contributed by atoms with Crippen LogP contribution in [0.5, 0.6) is 0 Å². The Balaban J connectivity index is 2.11. The second-order valence-corrected chi connectivity index (χ2v) is 6.84. The number of amides is 1. The van der Waals surface area contributed by atoms with Crippen molar-refractivity contribution in [2.24, 2.45) is 5.92 Å². The minimum absolute atomic E-state index is 0.0762. The lowest BCUT2D eigenvalue weighted by atomic mass is 10.0. The van der Waals surface area contributed by atoms with Crippen LogP contribution in [0.2, 0.25) is 0 Å². The summed E-state index contributed by atoms with van der Waals surface area (Å²) in [6.07, 6.45) is 3.44. The maximum Gasteiger partial charge on any atom is 0.230 e.